The first-order valence-electron chi connectivity index (χ1n) is 9.64. The van der Waals surface area contributed by atoms with Gasteiger partial charge in [-0.15, -0.1) is 0 Å². The van der Waals surface area contributed by atoms with E-state index in [1.807, 2.05) is 13.0 Å². The van der Waals surface area contributed by atoms with E-state index in [0.29, 0.717) is 12.0 Å². The summed E-state index contributed by atoms with van der Waals surface area (Å²) >= 11 is 0. The largest absolute Gasteiger partial charge is 0.369 e. The van der Waals surface area contributed by atoms with E-state index >= 15 is 0 Å². The van der Waals surface area contributed by atoms with Gasteiger partial charge in [0.05, 0.1) is 0 Å². The van der Waals surface area contributed by atoms with Gasteiger partial charge < -0.3 is 4.90 Å². The first-order valence-corrected chi connectivity index (χ1v) is 9.64. The fourth-order valence-electron chi connectivity index (χ4n) is 3.73. The Morgan fingerprint density at radius 2 is 1.50 bits per heavy atom. The maximum atomic E-state index is 11.0. The van der Waals surface area contributed by atoms with Crippen LogP contribution in [0.5, 0.6) is 0 Å². The van der Waals surface area contributed by atoms with Gasteiger partial charge in [0.1, 0.15) is 6.29 Å². The summed E-state index contributed by atoms with van der Waals surface area (Å²) < 4.78 is 0. The molecule has 2 aromatic carbocycles. The summed E-state index contributed by atoms with van der Waals surface area (Å²) in [5.74, 6) is 0.581. The van der Waals surface area contributed by atoms with Crippen LogP contribution < -0.4 is 4.90 Å². The molecule has 3 rings (SSSR count). The molecule has 0 aliphatic carbocycles. The molecule has 1 heterocycles. The highest BCUT2D eigenvalue weighted by molar-refractivity contribution is 5.78. The molecule has 0 amide bonds. The Bertz CT molecular complexity index is 743. The molecule has 138 valence electrons. The SMILES string of the molecule is Cc1cc(N2CCN([C@@H](C)c3ccc(C(C)C)cc3)CC2)ccc1C=O. The van der Waals surface area contributed by atoms with E-state index in [0.717, 1.165) is 43.6 Å². The number of hydrogen-bond donors (Lipinski definition) is 0. The third-order valence-corrected chi connectivity index (χ3v) is 5.69. The molecule has 0 unspecified atom stereocenters. The third-order valence-electron chi connectivity index (χ3n) is 5.69. The molecule has 2 aromatic rings. The summed E-state index contributed by atoms with van der Waals surface area (Å²) in [5.41, 5.74) is 5.86. The highest BCUT2D eigenvalue weighted by atomic mass is 16.1. The van der Waals surface area contributed by atoms with Crippen molar-refractivity contribution in [3.63, 3.8) is 0 Å². The summed E-state index contributed by atoms with van der Waals surface area (Å²) in [4.78, 5) is 16.0. The second-order valence-corrected chi connectivity index (χ2v) is 7.68. The summed E-state index contributed by atoms with van der Waals surface area (Å²) in [6, 6.07) is 15.7. The lowest BCUT2D eigenvalue weighted by Crippen LogP contribution is -2.47. The van der Waals surface area contributed by atoms with Gasteiger partial charge in [-0.25, -0.2) is 0 Å². The van der Waals surface area contributed by atoms with Crippen molar-refractivity contribution in [3.05, 3.63) is 64.7 Å². The van der Waals surface area contributed by atoms with E-state index < -0.39 is 0 Å². The molecule has 26 heavy (non-hydrogen) atoms. The van der Waals surface area contributed by atoms with Crippen LogP contribution in [-0.4, -0.2) is 37.4 Å². The van der Waals surface area contributed by atoms with Gasteiger partial charge >= 0.3 is 0 Å². The molecule has 1 aliphatic heterocycles. The number of carbonyl (C=O) groups excluding carboxylic acids is 1. The summed E-state index contributed by atoms with van der Waals surface area (Å²) in [7, 11) is 0. The lowest BCUT2D eigenvalue weighted by molar-refractivity contribution is 0.112. The van der Waals surface area contributed by atoms with Crippen LogP contribution >= 0.6 is 0 Å². The van der Waals surface area contributed by atoms with Crippen molar-refractivity contribution in [3.8, 4) is 0 Å². The molecule has 0 aromatic heterocycles. The predicted octanol–water partition coefficient (Wildman–Crippen LogP) is 4.81. The van der Waals surface area contributed by atoms with Gasteiger partial charge in [0.25, 0.3) is 0 Å². The molecule has 1 saturated heterocycles. The second-order valence-electron chi connectivity index (χ2n) is 7.68. The van der Waals surface area contributed by atoms with E-state index in [-0.39, 0.29) is 0 Å². The molecule has 0 radical (unpaired) electrons. The molecular weight excluding hydrogens is 320 g/mol. The Hall–Kier alpha value is -2.13. The molecule has 0 N–H and O–H groups in total. The van der Waals surface area contributed by atoms with E-state index in [2.05, 4.69) is 67.0 Å². The number of aryl methyl sites for hydroxylation is 1. The van der Waals surface area contributed by atoms with Crippen LogP contribution in [0, 0.1) is 6.92 Å². The Morgan fingerprint density at radius 1 is 0.885 bits per heavy atom. The van der Waals surface area contributed by atoms with E-state index in [9.17, 15) is 4.79 Å². The lowest BCUT2D eigenvalue weighted by atomic mass is 9.99. The summed E-state index contributed by atoms with van der Waals surface area (Å²) in [5, 5.41) is 0. The maximum Gasteiger partial charge on any atom is 0.150 e. The van der Waals surface area contributed by atoms with Gasteiger partial charge in [-0.1, -0.05) is 38.1 Å². The van der Waals surface area contributed by atoms with E-state index in [1.165, 1.54) is 16.8 Å². The van der Waals surface area contributed by atoms with Crippen LogP contribution in [0.25, 0.3) is 0 Å². The lowest BCUT2D eigenvalue weighted by Gasteiger charge is -2.39. The second kappa shape index (κ2) is 8.05. The Morgan fingerprint density at radius 3 is 2.04 bits per heavy atom. The Kier molecular flexibility index (Phi) is 5.77. The predicted molar refractivity (Wildman–Crippen MR) is 109 cm³/mol. The fourth-order valence-corrected chi connectivity index (χ4v) is 3.73. The molecular formula is C23H30N2O. The minimum atomic E-state index is 0.442. The minimum Gasteiger partial charge on any atom is -0.369 e. The van der Waals surface area contributed by atoms with Crippen molar-refractivity contribution in [2.45, 2.75) is 39.7 Å². The zero-order valence-electron chi connectivity index (χ0n) is 16.4. The number of aldehydes is 1. The van der Waals surface area contributed by atoms with Crippen LogP contribution in [-0.2, 0) is 0 Å². The average molecular weight is 351 g/mol. The number of nitrogens with zero attached hydrogens (tertiary/aromatic N) is 2. The summed E-state index contributed by atoms with van der Waals surface area (Å²) in [6.45, 7) is 12.9. The van der Waals surface area contributed by atoms with Gasteiger partial charge in [-0.3, -0.25) is 9.69 Å². The third kappa shape index (κ3) is 3.99. The molecule has 1 atom stereocenters. The standard InChI is InChI=1S/C23H30N2O/c1-17(2)20-5-7-21(8-6-20)19(4)24-11-13-25(14-12-24)23-10-9-22(16-26)18(3)15-23/h5-10,15-17,19H,11-14H2,1-4H3/t19-/m0/s1. The summed E-state index contributed by atoms with van der Waals surface area (Å²) in [6.07, 6.45) is 0.934. The van der Waals surface area contributed by atoms with Crippen LogP contribution in [0.2, 0.25) is 0 Å². The molecule has 3 heteroatoms. The number of benzene rings is 2. The highest BCUT2D eigenvalue weighted by Crippen LogP contribution is 2.26. The van der Waals surface area contributed by atoms with Crippen LogP contribution in [0.4, 0.5) is 5.69 Å². The van der Waals surface area contributed by atoms with Crippen molar-refractivity contribution in [2.24, 2.45) is 0 Å². The highest BCUT2D eigenvalue weighted by Gasteiger charge is 2.22. The van der Waals surface area contributed by atoms with Gasteiger partial charge in [-0.05, 0) is 54.7 Å². The molecule has 3 nitrogen and oxygen atoms in total. The van der Waals surface area contributed by atoms with Gasteiger partial charge in [0.2, 0.25) is 0 Å². The van der Waals surface area contributed by atoms with Gasteiger partial charge in [-0.2, -0.15) is 0 Å². The zero-order chi connectivity index (χ0) is 18.7. The van der Waals surface area contributed by atoms with Gasteiger partial charge in [0, 0.05) is 43.5 Å². The Labute approximate surface area is 157 Å². The topological polar surface area (TPSA) is 23.6 Å². The van der Waals surface area contributed by atoms with Crippen molar-refractivity contribution in [1.82, 2.24) is 4.90 Å². The fraction of sp³-hybridized carbons (Fsp3) is 0.435. The molecule has 1 aliphatic rings. The molecule has 0 bridgehead atoms. The van der Waals surface area contributed by atoms with E-state index in [4.69, 9.17) is 0 Å². The minimum absolute atomic E-state index is 0.442. The number of piperazine rings is 1. The molecule has 0 saturated carbocycles. The monoisotopic (exact) mass is 350 g/mol. The first kappa shape index (κ1) is 18.7. The molecule has 1 fully saturated rings. The van der Waals surface area contributed by atoms with Crippen molar-refractivity contribution in [1.29, 1.82) is 0 Å². The smallest absolute Gasteiger partial charge is 0.150 e. The van der Waals surface area contributed by atoms with E-state index in [1.54, 1.807) is 0 Å². The maximum absolute atomic E-state index is 11.0. The Balaban J connectivity index is 1.62. The van der Waals surface area contributed by atoms with Gasteiger partial charge in [0.15, 0.2) is 0 Å². The normalized spacial score (nSPS) is 16.7. The van der Waals surface area contributed by atoms with Crippen molar-refractivity contribution >= 4 is 12.0 Å². The first-order chi connectivity index (χ1) is 12.5. The molecule has 0 spiro atoms. The number of rotatable bonds is 5. The quantitative estimate of drug-likeness (QED) is 0.723. The number of hydrogen-bond acceptors (Lipinski definition) is 3. The number of anilines is 1. The number of carbonyl (C=O) groups is 1. The van der Waals surface area contributed by atoms with Crippen LogP contribution in [0.3, 0.4) is 0 Å². The average Bonchev–Trinajstić information content (AvgIpc) is 2.67. The van der Waals surface area contributed by atoms with Crippen molar-refractivity contribution < 1.29 is 4.79 Å². The van der Waals surface area contributed by atoms with Crippen LogP contribution in [0.15, 0.2) is 42.5 Å². The zero-order valence-corrected chi connectivity index (χ0v) is 16.4. The van der Waals surface area contributed by atoms with Crippen LogP contribution in [0.1, 0.15) is 59.8 Å². The van der Waals surface area contributed by atoms with Crippen molar-refractivity contribution in [2.75, 3.05) is 31.1 Å².